The second-order valence-corrected chi connectivity index (χ2v) is 5.06. The molecule has 0 heterocycles. The Balaban J connectivity index is 0. The van der Waals surface area contributed by atoms with Crippen LogP contribution in [0, 0.1) is 6.92 Å². The summed E-state index contributed by atoms with van der Waals surface area (Å²) in [6.45, 7) is 10.2. The lowest BCUT2D eigenvalue weighted by Gasteiger charge is -2.04. The van der Waals surface area contributed by atoms with Crippen molar-refractivity contribution in [1.29, 1.82) is 0 Å². The van der Waals surface area contributed by atoms with Crippen LogP contribution in [0.3, 0.4) is 0 Å². The fourth-order valence-electron chi connectivity index (χ4n) is 1.25. The van der Waals surface area contributed by atoms with Gasteiger partial charge >= 0.3 is 0 Å². The third-order valence-electron chi connectivity index (χ3n) is 1.87. The highest BCUT2D eigenvalue weighted by molar-refractivity contribution is 7.90. The molecular weight excluding hydrogens is 234 g/mol. The fraction of sp³-hybridized carbons (Fsp3) is 0.538. The Morgan fingerprint density at radius 1 is 1.12 bits per heavy atom. The van der Waals surface area contributed by atoms with Gasteiger partial charge in [0.1, 0.15) is 0 Å². The van der Waals surface area contributed by atoms with Crippen LogP contribution >= 0.6 is 0 Å². The Labute approximate surface area is 106 Å². The molecule has 0 amide bonds. The van der Waals surface area contributed by atoms with Gasteiger partial charge in [0.2, 0.25) is 0 Å². The average Bonchev–Trinajstić information content (AvgIpc) is 2.32. The highest BCUT2D eigenvalue weighted by atomic mass is 32.2. The molecule has 0 radical (unpaired) electrons. The van der Waals surface area contributed by atoms with Gasteiger partial charge in [-0.15, -0.1) is 0 Å². The van der Waals surface area contributed by atoms with Gasteiger partial charge in [0, 0.05) is 12.8 Å². The van der Waals surface area contributed by atoms with Gasteiger partial charge in [-0.05, 0) is 24.1 Å². The highest BCUT2D eigenvalue weighted by Gasteiger charge is 2.09. The van der Waals surface area contributed by atoms with Gasteiger partial charge in [0.15, 0.2) is 9.84 Å². The van der Waals surface area contributed by atoms with Gasteiger partial charge in [-0.1, -0.05) is 39.8 Å². The normalized spacial score (nSPS) is 9.59. The maximum Gasteiger partial charge on any atom is 0.175 e. The summed E-state index contributed by atoms with van der Waals surface area (Å²) < 4.78 is 22.4. The summed E-state index contributed by atoms with van der Waals surface area (Å²) in [6, 6.07) is 5.15. The van der Waals surface area contributed by atoms with Crippen molar-refractivity contribution in [3.05, 3.63) is 29.3 Å². The van der Waals surface area contributed by atoms with Crippen LogP contribution in [0.25, 0.3) is 0 Å². The standard InChI is InChI=1S/C9H13NO2S.2C2H6/c1-7-5-8(6-10)3-4-9(7)13(2,11)12;2*1-2/h3-5H,6,10H2,1-2H3;2*1-2H3. The molecule has 4 heteroatoms. The number of nitrogens with two attached hydrogens (primary N) is 1. The topological polar surface area (TPSA) is 60.2 Å². The molecule has 0 unspecified atom stereocenters. The summed E-state index contributed by atoms with van der Waals surface area (Å²) in [5.41, 5.74) is 7.13. The molecule has 0 aromatic heterocycles. The first-order valence-electron chi connectivity index (χ1n) is 5.95. The first-order chi connectivity index (χ1) is 7.95. The van der Waals surface area contributed by atoms with E-state index in [1.807, 2.05) is 27.7 Å². The molecule has 0 saturated heterocycles. The number of hydrogen-bond acceptors (Lipinski definition) is 3. The number of rotatable bonds is 2. The molecule has 1 aromatic rings. The molecule has 3 nitrogen and oxygen atoms in total. The monoisotopic (exact) mass is 259 g/mol. The Morgan fingerprint density at radius 2 is 1.59 bits per heavy atom. The van der Waals surface area contributed by atoms with Crippen molar-refractivity contribution >= 4 is 9.84 Å². The van der Waals surface area contributed by atoms with E-state index in [0.29, 0.717) is 11.4 Å². The summed E-state index contributed by atoms with van der Waals surface area (Å²) in [4.78, 5) is 0.379. The molecular formula is C13H25NO2S. The SMILES string of the molecule is CC.CC.Cc1cc(CN)ccc1S(C)(=O)=O. The second kappa shape index (κ2) is 9.19. The van der Waals surface area contributed by atoms with Crippen LogP contribution in [0.4, 0.5) is 0 Å². The van der Waals surface area contributed by atoms with E-state index in [1.54, 1.807) is 25.1 Å². The third-order valence-corrected chi connectivity index (χ3v) is 3.13. The van der Waals surface area contributed by atoms with Crippen molar-refractivity contribution in [2.45, 2.75) is 46.1 Å². The van der Waals surface area contributed by atoms with E-state index in [0.717, 1.165) is 11.1 Å². The molecule has 2 N–H and O–H groups in total. The van der Waals surface area contributed by atoms with E-state index >= 15 is 0 Å². The minimum atomic E-state index is -3.10. The lowest BCUT2D eigenvalue weighted by Crippen LogP contribution is -2.02. The largest absolute Gasteiger partial charge is 0.326 e. The molecule has 0 aliphatic rings. The van der Waals surface area contributed by atoms with Crippen molar-refractivity contribution in [3.63, 3.8) is 0 Å². The Kier molecular flexibility index (Phi) is 10.00. The number of benzene rings is 1. The highest BCUT2D eigenvalue weighted by Crippen LogP contribution is 2.15. The van der Waals surface area contributed by atoms with E-state index in [1.165, 1.54) is 6.26 Å². The first-order valence-corrected chi connectivity index (χ1v) is 7.84. The van der Waals surface area contributed by atoms with Gasteiger partial charge in [-0.2, -0.15) is 0 Å². The van der Waals surface area contributed by atoms with Crippen molar-refractivity contribution in [2.24, 2.45) is 5.73 Å². The Bertz CT molecular complexity index is 411. The zero-order chi connectivity index (χ0) is 14.1. The van der Waals surface area contributed by atoms with Gasteiger partial charge in [0.25, 0.3) is 0 Å². The lowest BCUT2D eigenvalue weighted by molar-refractivity contribution is 0.601. The first kappa shape index (κ1) is 18.5. The van der Waals surface area contributed by atoms with Gasteiger partial charge in [-0.25, -0.2) is 8.42 Å². The quantitative estimate of drug-likeness (QED) is 0.888. The fourth-order valence-corrected chi connectivity index (χ4v) is 2.21. The lowest BCUT2D eigenvalue weighted by atomic mass is 10.1. The molecule has 100 valence electrons. The Hall–Kier alpha value is -0.870. The summed E-state index contributed by atoms with van der Waals surface area (Å²) >= 11 is 0. The molecule has 17 heavy (non-hydrogen) atoms. The van der Waals surface area contributed by atoms with E-state index in [2.05, 4.69) is 0 Å². The smallest absolute Gasteiger partial charge is 0.175 e. The van der Waals surface area contributed by atoms with Crippen LogP contribution in [0.5, 0.6) is 0 Å². The summed E-state index contributed by atoms with van der Waals surface area (Å²) in [5.74, 6) is 0. The van der Waals surface area contributed by atoms with Gasteiger partial charge in [0.05, 0.1) is 4.90 Å². The summed E-state index contributed by atoms with van der Waals surface area (Å²) in [6.07, 6.45) is 1.21. The molecule has 0 aliphatic carbocycles. The van der Waals surface area contributed by atoms with E-state index in [-0.39, 0.29) is 0 Å². The molecule has 0 atom stereocenters. The third kappa shape index (κ3) is 6.44. The van der Waals surface area contributed by atoms with Crippen LogP contribution in [0.15, 0.2) is 23.1 Å². The van der Waals surface area contributed by atoms with Crippen LogP contribution in [0.1, 0.15) is 38.8 Å². The number of aryl methyl sites for hydroxylation is 1. The van der Waals surface area contributed by atoms with Gasteiger partial charge in [-0.3, -0.25) is 0 Å². The summed E-state index contributed by atoms with van der Waals surface area (Å²) in [5, 5.41) is 0. The predicted octanol–water partition coefficient (Wildman–Crippen LogP) is 2.91. The maximum absolute atomic E-state index is 11.2. The maximum atomic E-state index is 11.2. The Morgan fingerprint density at radius 3 is 1.88 bits per heavy atom. The second-order valence-electron chi connectivity index (χ2n) is 3.08. The number of hydrogen-bond donors (Lipinski definition) is 1. The van der Waals surface area contributed by atoms with Gasteiger partial charge < -0.3 is 5.73 Å². The van der Waals surface area contributed by atoms with Crippen LogP contribution < -0.4 is 5.73 Å². The van der Waals surface area contributed by atoms with Crippen LogP contribution in [-0.2, 0) is 16.4 Å². The molecule has 0 fully saturated rings. The molecule has 1 aromatic carbocycles. The molecule has 0 spiro atoms. The average molecular weight is 259 g/mol. The minimum Gasteiger partial charge on any atom is -0.326 e. The van der Waals surface area contributed by atoms with Crippen molar-refractivity contribution in [2.75, 3.05) is 6.26 Å². The van der Waals surface area contributed by atoms with E-state index in [9.17, 15) is 8.42 Å². The molecule has 0 aliphatic heterocycles. The van der Waals surface area contributed by atoms with Crippen LogP contribution in [0.2, 0.25) is 0 Å². The number of sulfone groups is 1. The molecule has 0 saturated carbocycles. The summed E-state index contributed by atoms with van der Waals surface area (Å²) in [7, 11) is -3.10. The molecule has 1 rings (SSSR count). The van der Waals surface area contributed by atoms with E-state index in [4.69, 9.17) is 5.73 Å². The zero-order valence-corrected chi connectivity index (χ0v) is 12.6. The van der Waals surface area contributed by atoms with Crippen molar-refractivity contribution in [3.8, 4) is 0 Å². The van der Waals surface area contributed by atoms with Crippen LogP contribution in [-0.4, -0.2) is 14.7 Å². The van der Waals surface area contributed by atoms with Crippen molar-refractivity contribution in [1.82, 2.24) is 0 Å². The predicted molar refractivity (Wildman–Crippen MR) is 74.9 cm³/mol. The molecule has 0 bridgehead atoms. The van der Waals surface area contributed by atoms with Crippen molar-refractivity contribution < 1.29 is 8.42 Å². The van der Waals surface area contributed by atoms with E-state index < -0.39 is 9.84 Å². The minimum absolute atomic E-state index is 0.379. The zero-order valence-electron chi connectivity index (χ0n) is 11.7.